The van der Waals surface area contributed by atoms with Gasteiger partial charge >= 0.3 is 0 Å². The second-order valence-electron chi connectivity index (χ2n) is 3.73. The first-order valence-corrected chi connectivity index (χ1v) is 6.47. The van der Waals surface area contributed by atoms with Crippen molar-refractivity contribution in [1.29, 1.82) is 5.26 Å². The minimum Gasteiger partial charge on any atom is -0.341 e. The summed E-state index contributed by atoms with van der Waals surface area (Å²) in [6.45, 7) is 0. The Balaban J connectivity index is 1.82. The van der Waals surface area contributed by atoms with Gasteiger partial charge in [0.05, 0.1) is 6.33 Å². The fourth-order valence-electron chi connectivity index (χ4n) is 1.63. The Morgan fingerprint density at radius 1 is 1.26 bits per heavy atom. The largest absolute Gasteiger partial charge is 0.341 e. The Morgan fingerprint density at radius 3 is 3.11 bits per heavy atom. The molecule has 7 heteroatoms. The first-order chi connectivity index (χ1) is 9.36. The summed E-state index contributed by atoms with van der Waals surface area (Å²) in [6, 6.07) is 5.69. The van der Waals surface area contributed by atoms with Crippen LogP contribution in [0.5, 0.6) is 0 Å². The zero-order valence-corrected chi connectivity index (χ0v) is 10.6. The number of thioether (sulfide) groups is 1. The van der Waals surface area contributed by atoms with Crippen molar-refractivity contribution in [1.82, 2.24) is 24.9 Å². The van der Waals surface area contributed by atoms with Gasteiger partial charge in [-0.2, -0.15) is 5.26 Å². The molecule has 0 atom stereocenters. The lowest BCUT2D eigenvalue weighted by Gasteiger charge is -2.02. The highest BCUT2D eigenvalue weighted by Crippen LogP contribution is 2.25. The summed E-state index contributed by atoms with van der Waals surface area (Å²) >= 11 is 1.57. The molecule has 0 radical (unpaired) electrons. The summed E-state index contributed by atoms with van der Waals surface area (Å²) < 4.78 is 0. The van der Waals surface area contributed by atoms with Crippen LogP contribution in [0, 0.1) is 11.3 Å². The number of hydrogen-bond donors (Lipinski definition) is 1. The molecule has 0 saturated heterocycles. The van der Waals surface area contributed by atoms with E-state index in [1.54, 1.807) is 30.4 Å². The Morgan fingerprint density at radius 2 is 2.21 bits per heavy atom. The summed E-state index contributed by atoms with van der Waals surface area (Å²) in [5.41, 5.74) is 2.95. The van der Waals surface area contributed by atoms with Crippen LogP contribution in [0.1, 0.15) is 11.3 Å². The molecule has 19 heavy (non-hydrogen) atoms. The maximum Gasteiger partial charge on any atom is 0.181 e. The van der Waals surface area contributed by atoms with Crippen LogP contribution in [-0.2, 0) is 5.75 Å². The number of imidazole rings is 1. The van der Waals surface area contributed by atoms with E-state index in [1.807, 2.05) is 12.1 Å². The second kappa shape index (κ2) is 5.04. The molecule has 0 aliphatic rings. The molecule has 1 N–H and O–H groups in total. The number of rotatable bonds is 3. The molecular weight excluding hydrogens is 260 g/mol. The Labute approximate surface area is 113 Å². The van der Waals surface area contributed by atoms with Gasteiger partial charge in [-0.3, -0.25) is 0 Å². The van der Waals surface area contributed by atoms with E-state index in [0.717, 1.165) is 16.1 Å². The third-order valence-electron chi connectivity index (χ3n) is 2.50. The monoisotopic (exact) mass is 268 g/mol. The zero-order valence-electron chi connectivity index (χ0n) is 9.74. The standard InChI is InChI=1S/C12H8N6S/c13-4-9-3-8(1-2-14-9)5-19-12-10-11(16-6-15-10)17-7-18-12/h1-3,6-7H,5H2,(H,15,16,17,18). The smallest absolute Gasteiger partial charge is 0.181 e. The summed E-state index contributed by atoms with van der Waals surface area (Å²) in [4.78, 5) is 19.4. The molecule has 6 nitrogen and oxygen atoms in total. The first-order valence-electron chi connectivity index (χ1n) is 5.49. The molecule has 3 aromatic heterocycles. The van der Waals surface area contributed by atoms with E-state index >= 15 is 0 Å². The molecule has 0 spiro atoms. The number of nitrogens with one attached hydrogen (secondary N) is 1. The number of pyridine rings is 1. The number of fused-ring (bicyclic) bond motifs is 1. The quantitative estimate of drug-likeness (QED) is 0.576. The highest BCUT2D eigenvalue weighted by molar-refractivity contribution is 7.98. The number of aromatic nitrogens is 5. The molecule has 0 bridgehead atoms. The van der Waals surface area contributed by atoms with Crippen molar-refractivity contribution >= 4 is 22.9 Å². The van der Waals surface area contributed by atoms with E-state index in [0.29, 0.717) is 17.1 Å². The lowest BCUT2D eigenvalue weighted by molar-refractivity contribution is 1.08. The lowest BCUT2D eigenvalue weighted by atomic mass is 10.2. The molecule has 0 amide bonds. The van der Waals surface area contributed by atoms with Gasteiger partial charge in [-0.1, -0.05) is 11.8 Å². The molecule has 0 aliphatic heterocycles. The van der Waals surface area contributed by atoms with Gasteiger partial charge < -0.3 is 4.98 Å². The number of H-pyrrole nitrogens is 1. The van der Waals surface area contributed by atoms with Crippen molar-refractivity contribution in [2.45, 2.75) is 10.8 Å². The van der Waals surface area contributed by atoms with Crippen LogP contribution < -0.4 is 0 Å². The minimum absolute atomic E-state index is 0.424. The molecule has 0 fully saturated rings. The summed E-state index contributed by atoms with van der Waals surface area (Å²) in [5, 5.41) is 9.65. The van der Waals surface area contributed by atoms with E-state index in [4.69, 9.17) is 5.26 Å². The predicted molar refractivity (Wildman–Crippen MR) is 70.2 cm³/mol. The molecule has 3 heterocycles. The van der Waals surface area contributed by atoms with Crippen molar-refractivity contribution in [3.8, 4) is 6.07 Å². The van der Waals surface area contributed by atoms with Gasteiger partial charge in [0.2, 0.25) is 0 Å². The molecule has 3 aromatic rings. The molecule has 3 rings (SSSR count). The van der Waals surface area contributed by atoms with Crippen molar-refractivity contribution in [2.75, 3.05) is 0 Å². The van der Waals surface area contributed by atoms with Gasteiger partial charge in [-0.25, -0.2) is 19.9 Å². The maximum absolute atomic E-state index is 8.81. The van der Waals surface area contributed by atoms with Crippen LogP contribution in [0.2, 0.25) is 0 Å². The summed E-state index contributed by atoms with van der Waals surface area (Å²) in [5.74, 6) is 0.711. The van der Waals surface area contributed by atoms with Gasteiger partial charge in [-0.15, -0.1) is 0 Å². The third kappa shape index (κ3) is 2.39. The zero-order chi connectivity index (χ0) is 13.1. The lowest BCUT2D eigenvalue weighted by Crippen LogP contribution is -1.89. The van der Waals surface area contributed by atoms with Crippen molar-refractivity contribution in [2.24, 2.45) is 0 Å². The summed E-state index contributed by atoms with van der Waals surface area (Å²) in [6.07, 6.45) is 4.74. The topological polar surface area (TPSA) is 91.1 Å². The number of nitriles is 1. The van der Waals surface area contributed by atoms with Gasteiger partial charge in [0.25, 0.3) is 0 Å². The Hall–Kier alpha value is -2.46. The van der Waals surface area contributed by atoms with Crippen LogP contribution in [0.3, 0.4) is 0 Å². The van der Waals surface area contributed by atoms with E-state index in [9.17, 15) is 0 Å². The molecule has 92 valence electrons. The van der Waals surface area contributed by atoms with Crippen LogP contribution in [0.4, 0.5) is 0 Å². The second-order valence-corrected chi connectivity index (χ2v) is 4.69. The Bertz CT molecular complexity index is 760. The molecule has 0 unspecified atom stereocenters. The van der Waals surface area contributed by atoms with E-state index in [2.05, 4.69) is 24.9 Å². The van der Waals surface area contributed by atoms with Gasteiger partial charge in [0.1, 0.15) is 28.6 Å². The number of nitrogens with zero attached hydrogens (tertiary/aromatic N) is 5. The Kier molecular flexibility index (Phi) is 3.08. The normalized spacial score (nSPS) is 10.5. The van der Waals surface area contributed by atoms with Crippen LogP contribution >= 0.6 is 11.8 Å². The predicted octanol–water partition coefficient (Wildman–Crippen LogP) is 1.91. The molecule has 0 aromatic carbocycles. The average molecular weight is 268 g/mol. The summed E-state index contributed by atoms with van der Waals surface area (Å²) in [7, 11) is 0. The third-order valence-corrected chi connectivity index (χ3v) is 3.56. The van der Waals surface area contributed by atoms with Crippen molar-refractivity contribution in [3.63, 3.8) is 0 Å². The van der Waals surface area contributed by atoms with E-state index in [1.165, 1.54) is 6.33 Å². The van der Waals surface area contributed by atoms with Gasteiger partial charge in [0, 0.05) is 11.9 Å². The highest BCUT2D eigenvalue weighted by atomic mass is 32.2. The average Bonchev–Trinajstić information content (AvgIpc) is 2.94. The van der Waals surface area contributed by atoms with Crippen LogP contribution in [0.25, 0.3) is 11.2 Å². The van der Waals surface area contributed by atoms with Crippen LogP contribution in [-0.4, -0.2) is 24.9 Å². The molecule has 0 saturated carbocycles. The van der Waals surface area contributed by atoms with E-state index < -0.39 is 0 Å². The maximum atomic E-state index is 8.81. The highest BCUT2D eigenvalue weighted by Gasteiger charge is 2.06. The number of aromatic amines is 1. The number of hydrogen-bond acceptors (Lipinski definition) is 6. The SMILES string of the molecule is N#Cc1cc(CSc2ncnc3nc[nH]c23)ccn1. The fourth-order valence-corrected chi connectivity index (χ4v) is 2.53. The molecular formula is C12H8N6S. The van der Waals surface area contributed by atoms with Gasteiger partial charge in [-0.05, 0) is 17.7 Å². The van der Waals surface area contributed by atoms with E-state index in [-0.39, 0.29) is 0 Å². The van der Waals surface area contributed by atoms with Crippen molar-refractivity contribution < 1.29 is 0 Å². The molecule has 0 aliphatic carbocycles. The fraction of sp³-hybridized carbons (Fsp3) is 0.0833. The first kappa shape index (κ1) is 11.6. The van der Waals surface area contributed by atoms with Gasteiger partial charge in [0.15, 0.2) is 5.65 Å². The van der Waals surface area contributed by atoms with Crippen molar-refractivity contribution in [3.05, 3.63) is 42.2 Å². The van der Waals surface area contributed by atoms with Crippen LogP contribution in [0.15, 0.2) is 36.0 Å². The minimum atomic E-state index is 0.424.